The summed E-state index contributed by atoms with van der Waals surface area (Å²) in [5.41, 5.74) is 9.05. The van der Waals surface area contributed by atoms with Gasteiger partial charge in [-0.25, -0.2) is 4.79 Å². The van der Waals surface area contributed by atoms with Crippen LogP contribution in [0.1, 0.15) is 11.8 Å². The third-order valence-electron chi connectivity index (χ3n) is 3.58. The third kappa shape index (κ3) is 4.48. The Labute approximate surface area is 145 Å². The van der Waals surface area contributed by atoms with Crippen LogP contribution in [-0.4, -0.2) is 61.7 Å². The Hall–Kier alpha value is -2.15. The fourth-order valence-electron chi connectivity index (χ4n) is 2.30. The van der Waals surface area contributed by atoms with Crippen LogP contribution >= 0.6 is 11.8 Å². The van der Waals surface area contributed by atoms with E-state index in [0.29, 0.717) is 0 Å². The lowest BCUT2D eigenvalue weighted by Crippen LogP contribution is -2.39. The highest BCUT2D eigenvalue weighted by atomic mass is 32.2. The molecule has 0 saturated carbocycles. The molecule has 1 saturated heterocycles. The van der Waals surface area contributed by atoms with Gasteiger partial charge < -0.3 is 26.4 Å². The van der Waals surface area contributed by atoms with Crippen LogP contribution in [0.2, 0.25) is 0 Å². The number of thioether (sulfide) groups is 1. The summed E-state index contributed by atoms with van der Waals surface area (Å²) in [6, 6.07) is -0.111. The number of aromatic amines is 1. The molecule has 25 heavy (non-hydrogen) atoms. The van der Waals surface area contributed by atoms with E-state index < -0.39 is 52.0 Å². The SMILES string of the molecule is NC(=O)C[C@H](N)C(=O)OC[C@H]1S[C@@H](n2ccc(=O)[nH]c2=O)C(O)C1O. The van der Waals surface area contributed by atoms with E-state index in [1.54, 1.807) is 0 Å². The predicted octanol–water partition coefficient (Wildman–Crippen LogP) is -3.38. The quantitative estimate of drug-likeness (QED) is 0.316. The van der Waals surface area contributed by atoms with Crippen LogP contribution < -0.4 is 22.7 Å². The number of esters is 1. The molecule has 0 aromatic carbocycles. The number of aliphatic hydroxyl groups excluding tert-OH is 2. The number of carbonyl (C=O) groups is 2. The molecule has 1 aromatic heterocycles. The van der Waals surface area contributed by atoms with Crippen molar-refractivity contribution in [3.63, 3.8) is 0 Å². The maximum atomic E-state index is 11.8. The number of nitrogens with zero attached hydrogens (tertiary/aromatic N) is 1. The van der Waals surface area contributed by atoms with Crippen molar-refractivity contribution in [2.75, 3.05) is 6.61 Å². The minimum atomic E-state index is -1.32. The summed E-state index contributed by atoms with van der Waals surface area (Å²) in [6.45, 7) is -0.289. The highest BCUT2D eigenvalue weighted by molar-refractivity contribution is 8.00. The highest BCUT2D eigenvalue weighted by Crippen LogP contribution is 2.41. The first-order chi connectivity index (χ1) is 11.7. The zero-order valence-electron chi connectivity index (χ0n) is 12.9. The van der Waals surface area contributed by atoms with Gasteiger partial charge in [0.15, 0.2) is 0 Å². The summed E-state index contributed by atoms with van der Waals surface area (Å²) in [4.78, 5) is 47.3. The van der Waals surface area contributed by atoms with E-state index in [1.165, 1.54) is 6.20 Å². The first-order valence-electron chi connectivity index (χ1n) is 7.24. The van der Waals surface area contributed by atoms with Gasteiger partial charge in [-0.1, -0.05) is 0 Å². The van der Waals surface area contributed by atoms with Crippen molar-refractivity contribution in [3.8, 4) is 0 Å². The van der Waals surface area contributed by atoms with Crippen LogP contribution in [0, 0.1) is 0 Å². The van der Waals surface area contributed by atoms with Gasteiger partial charge >= 0.3 is 11.7 Å². The van der Waals surface area contributed by atoms with Gasteiger partial charge in [-0.3, -0.25) is 23.9 Å². The number of hydrogen-bond donors (Lipinski definition) is 5. The van der Waals surface area contributed by atoms with Gasteiger partial charge in [0.25, 0.3) is 5.56 Å². The molecule has 0 spiro atoms. The molecule has 0 aliphatic carbocycles. The van der Waals surface area contributed by atoms with Crippen molar-refractivity contribution in [1.29, 1.82) is 0 Å². The molecule has 1 aromatic rings. The van der Waals surface area contributed by atoms with Gasteiger partial charge in [-0.15, -0.1) is 11.8 Å². The van der Waals surface area contributed by atoms with Crippen LogP contribution in [0.5, 0.6) is 0 Å². The molecular formula is C13H18N4O7S. The van der Waals surface area contributed by atoms with E-state index in [4.69, 9.17) is 16.2 Å². The molecule has 2 heterocycles. The van der Waals surface area contributed by atoms with Crippen molar-refractivity contribution in [3.05, 3.63) is 33.1 Å². The van der Waals surface area contributed by atoms with Crippen molar-refractivity contribution in [2.45, 2.75) is 35.3 Å². The fourth-order valence-corrected chi connectivity index (χ4v) is 3.74. The van der Waals surface area contributed by atoms with Crippen LogP contribution in [0.3, 0.4) is 0 Å². The average Bonchev–Trinajstić information content (AvgIpc) is 2.80. The predicted molar refractivity (Wildman–Crippen MR) is 86.5 cm³/mol. The van der Waals surface area contributed by atoms with Gasteiger partial charge in [-0.2, -0.15) is 0 Å². The molecule has 2 unspecified atom stereocenters. The Morgan fingerprint density at radius 3 is 2.64 bits per heavy atom. The van der Waals surface area contributed by atoms with Crippen LogP contribution in [0.4, 0.5) is 0 Å². The van der Waals surface area contributed by atoms with Crippen molar-refractivity contribution < 1.29 is 24.5 Å². The first-order valence-corrected chi connectivity index (χ1v) is 8.18. The molecule has 2 rings (SSSR count). The Morgan fingerprint density at radius 2 is 2.04 bits per heavy atom. The van der Waals surface area contributed by atoms with Crippen LogP contribution in [0.25, 0.3) is 0 Å². The number of nitrogens with one attached hydrogen (secondary N) is 1. The smallest absolute Gasteiger partial charge is 0.329 e. The van der Waals surface area contributed by atoms with E-state index in [2.05, 4.69) is 0 Å². The molecule has 1 aliphatic heterocycles. The molecule has 0 bridgehead atoms. The number of rotatable bonds is 6. The Morgan fingerprint density at radius 1 is 1.36 bits per heavy atom. The summed E-state index contributed by atoms with van der Waals surface area (Å²) in [5, 5.41) is 18.6. The van der Waals surface area contributed by atoms with Crippen molar-refractivity contribution >= 4 is 23.6 Å². The van der Waals surface area contributed by atoms with E-state index in [9.17, 15) is 29.4 Å². The van der Waals surface area contributed by atoms with Crippen molar-refractivity contribution in [1.82, 2.24) is 9.55 Å². The third-order valence-corrected chi connectivity index (χ3v) is 5.13. The second-order valence-electron chi connectivity index (χ2n) is 5.47. The van der Waals surface area contributed by atoms with Crippen LogP contribution in [-0.2, 0) is 14.3 Å². The highest BCUT2D eigenvalue weighted by Gasteiger charge is 2.44. The standard InChI is InChI=1S/C13H18N4O7S/c14-5(3-7(15)18)12(22)24-4-6-9(20)10(21)11(25-6)17-2-1-8(19)16-13(17)23/h1-2,5-6,9-11,20-21H,3-4,14H2,(H2,15,18)(H,16,19,23)/t5-,6+,9?,10?,11+/m0/s1. The number of hydrogen-bond acceptors (Lipinski definition) is 9. The molecule has 11 nitrogen and oxygen atoms in total. The summed E-state index contributed by atoms with van der Waals surface area (Å²) in [7, 11) is 0. The van der Waals surface area contributed by atoms with Gasteiger partial charge in [0.1, 0.15) is 24.1 Å². The molecule has 7 N–H and O–H groups in total. The number of amides is 1. The first kappa shape index (κ1) is 19.2. The monoisotopic (exact) mass is 374 g/mol. The van der Waals surface area contributed by atoms with Gasteiger partial charge in [0, 0.05) is 12.3 Å². The Balaban J connectivity index is 2.02. The van der Waals surface area contributed by atoms with Gasteiger partial charge in [-0.05, 0) is 0 Å². The minimum Gasteiger partial charge on any atom is -0.463 e. The lowest BCUT2D eigenvalue weighted by atomic mass is 10.1. The largest absolute Gasteiger partial charge is 0.463 e. The summed E-state index contributed by atoms with van der Waals surface area (Å²) >= 11 is 0.999. The summed E-state index contributed by atoms with van der Waals surface area (Å²) in [5.74, 6) is -1.63. The topological polar surface area (TPSA) is 191 Å². The number of carbonyl (C=O) groups excluding carboxylic acids is 2. The summed E-state index contributed by atoms with van der Waals surface area (Å²) < 4.78 is 6.00. The fraction of sp³-hybridized carbons (Fsp3) is 0.538. The summed E-state index contributed by atoms with van der Waals surface area (Å²) in [6.07, 6.45) is -1.78. The molecule has 1 fully saturated rings. The number of aromatic nitrogens is 2. The number of H-pyrrole nitrogens is 1. The maximum absolute atomic E-state index is 11.8. The Kier molecular flexibility index (Phi) is 6.00. The number of ether oxygens (including phenoxy) is 1. The zero-order chi connectivity index (χ0) is 18.7. The van der Waals surface area contributed by atoms with Gasteiger partial charge in [0.05, 0.1) is 17.8 Å². The van der Waals surface area contributed by atoms with Crippen molar-refractivity contribution in [2.24, 2.45) is 11.5 Å². The molecule has 12 heteroatoms. The zero-order valence-corrected chi connectivity index (χ0v) is 13.7. The van der Waals surface area contributed by atoms with Gasteiger partial charge in [0.2, 0.25) is 5.91 Å². The average molecular weight is 374 g/mol. The second-order valence-corrected chi connectivity index (χ2v) is 6.83. The van der Waals surface area contributed by atoms with E-state index in [0.717, 1.165) is 22.4 Å². The number of aliphatic hydroxyl groups is 2. The number of nitrogens with two attached hydrogens (primary N) is 2. The number of primary amides is 1. The Bertz CT molecular complexity index is 763. The maximum Gasteiger partial charge on any atom is 0.329 e. The van der Waals surface area contributed by atoms with E-state index in [-0.39, 0.29) is 13.0 Å². The molecule has 138 valence electrons. The van der Waals surface area contributed by atoms with Crippen LogP contribution in [0.15, 0.2) is 21.9 Å². The lowest BCUT2D eigenvalue weighted by Gasteiger charge is -2.17. The lowest BCUT2D eigenvalue weighted by molar-refractivity contribution is -0.147. The molecule has 1 amide bonds. The molecule has 0 radical (unpaired) electrons. The van der Waals surface area contributed by atoms with E-state index >= 15 is 0 Å². The molecule has 1 aliphatic rings. The molecular weight excluding hydrogens is 356 g/mol. The minimum absolute atomic E-state index is 0.289. The van der Waals surface area contributed by atoms with E-state index in [1.807, 2.05) is 4.98 Å². The molecule has 5 atom stereocenters. The second kappa shape index (κ2) is 7.82. The normalized spacial score (nSPS) is 27.0.